The van der Waals surface area contributed by atoms with Crippen LogP contribution in [0.5, 0.6) is 0 Å². The second-order valence-electron chi connectivity index (χ2n) is 7.02. The number of benzene rings is 1. The standard InChI is InChI=1S/C18H27NO4S/c1-3-22-13-16-12-18(14-23-16)7-9-19(10-8-18)24(20,21)17-6-4-5-15(2)11-17/h4-6,11,16H,3,7-10,12-14H2,1-2H3/t16-/m1/s1. The summed E-state index contributed by atoms with van der Waals surface area (Å²) in [4.78, 5) is 0.398. The molecule has 24 heavy (non-hydrogen) atoms. The predicted molar refractivity (Wildman–Crippen MR) is 92.5 cm³/mol. The Morgan fingerprint density at radius 2 is 2.08 bits per heavy atom. The van der Waals surface area contributed by atoms with Gasteiger partial charge in [-0.25, -0.2) is 8.42 Å². The third-order valence-corrected chi connectivity index (χ3v) is 7.10. The third-order valence-electron chi connectivity index (χ3n) is 5.20. The molecule has 2 saturated heterocycles. The predicted octanol–water partition coefficient (Wildman–Crippen LogP) is 2.59. The van der Waals surface area contributed by atoms with E-state index in [4.69, 9.17) is 9.47 Å². The molecule has 1 aromatic rings. The van der Waals surface area contributed by atoms with E-state index in [1.807, 2.05) is 19.9 Å². The Labute approximate surface area is 145 Å². The lowest BCUT2D eigenvalue weighted by molar-refractivity contribution is 0.0173. The lowest BCUT2D eigenvalue weighted by atomic mass is 9.77. The summed E-state index contributed by atoms with van der Waals surface area (Å²) >= 11 is 0. The molecular weight excluding hydrogens is 326 g/mol. The van der Waals surface area contributed by atoms with E-state index in [1.54, 1.807) is 22.5 Å². The SMILES string of the molecule is CCOC[C@H]1CC2(CCN(S(=O)(=O)c3cccc(C)c3)CC2)CO1. The zero-order valence-electron chi connectivity index (χ0n) is 14.5. The van der Waals surface area contributed by atoms with E-state index in [0.717, 1.165) is 31.4 Å². The molecule has 0 aliphatic carbocycles. The monoisotopic (exact) mass is 353 g/mol. The number of nitrogens with zero attached hydrogens (tertiary/aromatic N) is 1. The minimum Gasteiger partial charge on any atom is -0.379 e. The number of rotatable bonds is 5. The number of piperidine rings is 1. The second kappa shape index (κ2) is 7.12. The molecule has 0 radical (unpaired) electrons. The number of ether oxygens (including phenoxy) is 2. The van der Waals surface area contributed by atoms with Crippen LogP contribution in [0.2, 0.25) is 0 Å². The van der Waals surface area contributed by atoms with Gasteiger partial charge in [0.15, 0.2) is 0 Å². The smallest absolute Gasteiger partial charge is 0.243 e. The maximum absolute atomic E-state index is 12.8. The molecule has 5 nitrogen and oxygen atoms in total. The van der Waals surface area contributed by atoms with Crippen LogP contribution in [0, 0.1) is 12.3 Å². The van der Waals surface area contributed by atoms with E-state index in [9.17, 15) is 8.42 Å². The summed E-state index contributed by atoms with van der Waals surface area (Å²) in [6, 6.07) is 7.15. The first-order chi connectivity index (χ1) is 11.5. The Kier molecular flexibility index (Phi) is 5.30. The maximum Gasteiger partial charge on any atom is 0.243 e. The van der Waals surface area contributed by atoms with Crippen molar-refractivity contribution in [2.45, 2.75) is 44.1 Å². The lowest BCUT2D eigenvalue weighted by Gasteiger charge is -2.37. The lowest BCUT2D eigenvalue weighted by Crippen LogP contribution is -2.43. The van der Waals surface area contributed by atoms with Crippen LogP contribution in [0.25, 0.3) is 0 Å². The zero-order chi connectivity index (χ0) is 17.2. The van der Waals surface area contributed by atoms with Crippen molar-refractivity contribution in [2.75, 3.05) is 32.9 Å². The van der Waals surface area contributed by atoms with Gasteiger partial charge in [0.05, 0.1) is 24.2 Å². The summed E-state index contributed by atoms with van der Waals surface area (Å²) in [5, 5.41) is 0. The van der Waals surface area contributed by atoms with Crippen LogP contribution in [0.3, 0.4) is 0 Å². The quantitative estimate of drug-likeness (QED) is 0.816. The van der Waals surface area contributed by atoms with Gasteiger partial charge in [-0.3, -0.25) is 0 Å². The molecule has 0 saturated carbocycles. The van der Waals surface area contributed by atoms with E-state index < -0.39 is 10.0 Å². The van der Waals surface area contributed by atoms with E-state index in [2.05, 4.69) is 0 Å². The molecule has 2 fully saturated rings. The highest BCUT2D eigenvalue weighted by Crippen LogP contribution is 2.42. The molecule has 0 amide bonds. The van der Waals surface area contributed by atoms with E-state index in [1.165, 1.54) is 0 Å². The first-order valence-electron chi connectivity index (χ1n) is 8.71. The molecule has 2 aliphatic heterocycles. The van der Waals surface area contributed by atoms with Crippen LogP contribution < -0.4 is 0 Å². The summed E-state index contributed by atoms with van der Waals surface area (Å²) in [7, 11) is -3.39. The fourth-order valence-corrected chi connectivity index (χ4v) is 5.27. The van der Waals surface area contributed by atoms with Crippen LogP contribution >= 0.6 is 0 Å². The van der Waals surface area contributed by atoms with Crippen molar-refractivity contribution in [3.8, 4) is 0 Å². The van der Waals surface area contributed by atoms with Gasteiger partial charge in [-0.05, 0) is 56.2 Å². The van der Waals surface area contributed by atoms with Crippen molar-refractivity contribution >= 4 is 10.0 Å². The Morgan fingerprint density at radius 3 is 2.75 bits per heavy atom. The first-order valence-corrected chi connectivity index (χ1v) is 10.2. The Balaban J connectivity index is 1.63. The van der Waals surface area contributed by atoms with Gasteiger partial charge in [-0.1, -0.05) is 12.1 Å². The van der Waals surface area contributed by atoms with Crippen LogP contribution in [0.15, 0.2) is 29.2 Å². The Bertz CT molecular complexity index is 665. The summed E-state index contributed by atoms with van der Waals surface area (Å²) < 4.78 is 38.6. The molecule has 0 aromatic heterocycles. The molecule has 2 heterocycles. The fraction of sp³-hybridized carbons (Fsp3) is 0.667. The van der Waals surface area contributed by atoms with E-state index in [-0.39, 0.29) is 11.5 Å². The molecular formula is C18H27NO4S. The summed E-state index contributed by atoms with van der Waals surface area (Å²) in [6.45, 7) is 7.11. The zero-order valence-corrected chi connectivity index (χ0v) is 15.3. The number of hydrogen-bond acceptors (Lipinski definition) is 4. The number of aryl methyl sites for hydroxylation is 1. The van der Waals surface area contributed by atoms with E-state index >= 15 is 0 Å². The van der Waals surface area contributed by atoms with Crippen LogP contribution in [0.4, 0.5) is 0 Å². The number of sulfonamides is 1. The van der Waals surface area contributed by atoms with Crippen molar-refractivity contribution in [2.24, 2.45) is 5.41 Å². The molecule has 3 rings (SSSR count). The van der Waals surface area contributed by atoms with Crippen molar-refractivity contribution in [3.05, 3.63) is 29.8 Å². The summed E-state index contributed by atoms with van der Waals surface area (Å²) in [5.41, 5.74) is 1.09. The second-order valence-corrected chi connectivity index (χ2v) is 8.96. The first kappa shape index (κ1) is 17.9. The number of hydrogen-bond donors (Lipinski definition) is 0. The molecule has 1 aromatic carbocycles. The van der Waals surface area contributed by atoms with E-state index in [0.29, 0.717) is 31.2 Å². The normalized spacial score (nSPS) is 24.5. The van der Waals surface area contributed by atoms with Gasteiger partial charge in [0, 0.05) is 19.7 Å². The largest absolute Gasteiger partial charge is 0.379 e. The topological polar surface area (TPSA) is 55.8 Å². The maximum atomic E-state index is 12.8. The summed E-state index contributed by atoms with van der Waals surface area (Å²) in [6.07, 6.45) is 2.86. The van der Waals surface area contributed by atoms with Crippen molar-refractivity contribution in [1.82, 2.24) is 4.31 Å². The fourth-order valence-electron chi connectivity index (χ4n) is 3.73. The highest BCUT2D eigenvalue weighted by Gasteiger charge is 2.44. The Hall–Kier alpha value is -0.950. The van der Waals surface area contributed by atoms with Gasteiger partial charge >= 0.3 is 0 Å². The van der Waals surface area contributed by atoms with Gasteiger partial charge in [-0.15, -0.1) is 0 Å². The molecule has 1 spiro atoms. The average Bonchev–Trinajstić information content (AvgIpc) is 2.96. The van der Waals surface area contributed by atoms with Crippen molar-refractivity contribution < 1.29 is 17.9 Å². The molecule has 6 heteroatoms. The van der Waals surface area contributed by atoms with Gasteiger partial charge in [0.25, 0.3) is 0 Å². The highest BCUT2D eigenvalue weighted by atomic mass is 32.2. The van der Waals surface area contributed by atoms with Crippen LogP contribution in [0.1, 0.15) is 31.7 Å². The molecule has 0 bridgehead atoms. The van der Waals surface area contributed by atoms with Gasteiger partial charge in [0.1, 0.15) is 0 Å². The average molecular weight is 353 g/mol. The van der Waals surface area contributed by atoms with Crippen molar-refractivity contribution in [3.63, 3.8) is 0 Å². The molecule has 0 unspecified atom stereocenters. The van der Waals surface area contributed by atoms with Crippen molar-refractivity contribution in [1.29, 1.82) is 0 Å². The molecule has 134 valence electrons. The van der Waals surface area contributed by atoms with Crippen LogP contribution in [-0.4, -0.2) is 51.7 Å². The minimum atomic E-state index is -3.39. The molecule has 1 atom stereocenters. The Morgan fingerprint density at radius 1 is 1.33 bits per heavy atom. The minimum absolute atomic E-state index is 0.125. The van der Waals surface area contributed by atoms with Crippen LogP contribution in [-0.2, 0) is 19.5 Å². The highest BCUT2D eigenvalue weighted by molar-refractivity contribution is 7.89. The third kappa shape index (κ3) is 3.67. The molecule has 2 aliphatic rings. The molecule has 0 N–H and O–H groups in total. The summed E-state index contributed by atoms with van der Waals surface area (Å²) in [5.74, 6) is 0. The van der Waals surface area contributed by atoms with Gasteiger partial charge < -0.3 is 9.47 Å². The van der Waals surface area contributed by atoms with Gasteiger partial charge in [-0.2, -0.15) is 4.31 Å². The van der Waals surface area contributed by atoms with Gasteiger partial charge in [0.2, 0.25) is 10.0 Å².